The van der Waals surface area contributed by atoms with Crippen molar-refractivity contribution >= 4 is 60.2 Å². The molecule has 53 heavy (non-hydrogen) atoms. The van der Waals surface area contributed by atoms with Gasteiger partial charge in [0.25, 0.3) is 0 Å². The summed E-state index contributed by atoms with van der Waals surface area (Å²) in [4.78, 5) is 39.4. The normalized spacial score (nSPS) is 17.0. The first-order chi connectivity index (χ1) is 23.8. The Kier molecular flexibility index (Phi) is 13.6. The molecule has 19 heteroatoms. The van der Waals surface area contributed by atoms with Gasteiger partial charge in [-0.2, -0.15) is 0 Å². The summed E-state index contributed by atoms with van der Waals surface area (Å²) in [6.07, 6.45) is 9.34. The Hall–Kier alpha value is -3.29. The number of benzene rings is 3. The monoisotopic (exact) mass is 812 g/mol. The number of rotatable bonds is 0. The van der Waals surface area contributed by atoms with Gasteiger partial charge in [-0.25, -0.2) is 41.8 Å². The number of hydrogen-bond acceptors (Lipinski definition) is 13. The number of aromatic nitrogens is 1. The molecule has 0 saturated carbocycles. The summed E-state index contributed by atoms with van der Waals surface area (Å²) >= 11 is 0. The molecular formula is C34H23CuN8Na2O6S2. The van der Waals surface area contributed by atoms with Crippen LogP contribution in [0.25, 0.3) is 10.8 Å². The molecule has 0 spiro atoms. The molecule has 8 bridgehead atoms. The Labute approximate surface area is 358 Å². The van der Waals surface area contributed by atoms with E-state index in [1.54, 1.807) is 0 Å². The van der Waals surface area contributed by atoms with Crippen LogP contribution in [-0.2, 0) is 37.3 Å². The van der Waals surface area contributed by atoms with Crippen molar-refractivity contribution in [1.82, 2.24) is 4.98 Å². The van der Waals surface area contributed by atoms with Gasteiger partial charge in [0.05, 0.1) is 37.8 Å². The number of fused-ring (bicyclic) bond motifs is 16. The second kappa shape index (κ2) is 17.0. The van der Waals surface area contributed by atoms with Crippen molar-refractivity contribution in [3.05, 3.63) is 142 Å². The van der Waals surface area contributed by atoms with Gasteiger partial charge < -0.3 is 24.1 Å². The van der Waals surface area contributed by atoms with Crippen LogP contribution in [0.4, 0.5) is 0 Å². The molecule has 0 amide bonds. The second-order valence-corrected chi connectivity index (χ2v) is 14.1. The van der Waals surface area contributed by atoms with Crippen molar-refractivity contribution in [3.8, 4) is 0 Å². The average molecular weight is 813 g/mol. The fraction of sp³-hybridized carbons (Fsp3) is 0.0882. The van der Waals surface area contributed by atoms with Crippen LogP contribution < -0.4 is 75.1 Å². The maximum absolute atomic E-state index is 9.08. The first-order valence-electron chi connectivity index (χ1n) is 14.8. The molecule has 1 unspecified atom stereocenters. The van der Waals surface area contributed by atoms with Crippen LogP contribution in [0.2, 0.25) is 0 Å². The zero-order valence-electron chi connectivity index (χ0n) is 28.5. The molecule has 1 atom stereocenters. The van der Waals surface area contributed by atoms with Crippen LogP contribution in [-0.4, -0.2) is 67.6 Å². The fourth-order valence-corrected chi connectivity index (χ4v) is 5.61. The topological polar surface area (TPSA) is 215 Å². The third kappa shape index (κ3) is 9.69. The van der Waals surface area contributed by atoms with E-state index in [-0.39, 0.29) is 82.1 Å². The summed E-state index contributed by atoms with van der Waals surface area (Å²) < 4.78 is 54.5. The quantitative estimate of drug-likeness (QED) is 0.127. The molecule has 1 aliphatic carbocycles. The SMILES string of the molecule is C1=CC2=C3N=C4N=C(N=c5[n-]c(c6ccccc56)=NC5=NC(=NC(=N3)C2C=C1)c1ccccc15)c1ccccc14.CS(=O)(=O)[O-].CS(=O)(=O)[O-].[Cu+].[Na+].[Na+]. The van der Waals surface area contributed by atoms with E-state index in [2.05, 4.69) is 6.08 Å². The van der Waals surface area contributed by atoms with Crippen molar-refractivity contribution < 1.29 is 102 Å². The molecule has 0 fully saturated rings. The minimum Gasteiger partial charge on any atom is -0.748 e. The third-order valence-electron chi connectivity index (χ3n) is 7.50. The van der Waals surface area contributed by atoms with Gasteiger partial charge in [0.1, 0.15) is 5.84 Å². The summed E-state index contributed by atoms with van der Waals surface area (Å²) in [7, 11) is -7.83. The Morgan fingerprint density at radius 2 is 0.962 bits per heavy atom. The van der Waals surface area contributed by atoms with E-state index in [1.165, 1.54) is 0 Å². The number of aliphatic imine (C=N–C) groups is 5. The molecule has 4 aromatic rings. The van der Waals surface area contributed by atoms with Gasteiger partial charge >= 0.3 is 76.2 Å². The molecule has 14 nitrogen and oxygen atoms in total. The van der Waals surface area contributed by atoms with Crippen LogP contribution in [0.15, 0.2) is 143 Å². The Morgan fingerprint density at radius 1 is 0.566 bits per heavy atom. The van der Waals surface area contributed by atoms with Gasteiger partial charge in [0.2, 0.25) is 0 Å². The Balaban J connectivity index is 0.000000432. The van der Waals surface area contributed by atoms with E-state index < -0.39 is 20.2 Å². The first kappa shape index (κ1) is 42.5. The predicted molar refractivity (Wildman–Crippen MR) is 186 cm³/mol. The predicted octanol–water partition coefficient (Wildman–Crippen LogP) is -3.84. The third-order valence-corrected chi connectivity index (χ3v) is 7.50. The minimum atomic E-state index is -3.92. The molecule has 3 aromatic carbocycles. The smallest absolute Gasteiger partial charge is 0.748 e. The van der Waals surface area contributed by atoms with E-state index in [0.29, 0.717) is 58.5 Å². The maximum atomic E-state index is 9.08. The van der Waals surface area contributed by atoms with Crippen LogP contribution >= 0.6 is 0 Å². The molecule has 0 N–H and O–H groups in total. The van der Waals surface area contributed by atoms with Gasteiger partial charge in [-0.3, -0.25) is 0 Å². The van der Waals surface area contributed by atoms with E-state index >= 15 is 0 Å². The molecule has 1 aromatic heterocycles. The molecule has 0 saturated heterocycles. The van der Waals surface area contributed by atoms with Crippen LogP contribution in [0.3, 0.4) is 0 Å². The summed E-state index contributed by atoms with van der Waals surface area (Å²) in [5.41, 5.74) is 5.70. The maximum Gasteiger partial charge on any atom is 1.00 e. The molecular weight excluding hydrogens is 790 g/mol. The number of allylic oxidation sites excluding steroid dienone is 3. The van der Waals surface area contributed by atoms with Gasteiger partial charge in [-0.1, -0.05) is 97.1 Å². The fourth-order valence-electron chi connectivity index (χ4n) is 5.61. The molecule has 4 aliphatic heterocycles. The second-order valence-electron chi connectivity index (χ2n) is 11.2. The summed E-state index contributed by atoms with van der Waals surface area (Å²) in [5, 5.41) is 1.79. The first-order valence-corrected chi connectivity index (χ1v) is 18.5. The minimum absolute atomic E-state index is 0. The molecule has 260 valence electrons. The average Bonchev–Trinajstić information content (AvgIpc) is 3.79. The van der Waals surface area contributed by atoms with Crippen molar-refractivity contribution in [1.29, 1.82) is 0 Å². The number of hydrogen-bond donors (Lipinski definition) is 0. The van der Waals surface area contributed by atoms with Crippen LogP contribution in [0.1, 0.15) is 22.3 Å². The van der Waals surface area contributed by atoms with Crippen molar-refractivity contribution in [2.45, 2.75) is 0 Å². The van der Waals surface area contributed by atoms with E-state index in [1.807, 2.05) is 91.0 Å². The van der Waals surface area contributed by atoms with Crippen molar-refractivity contribution in [2.75, 3.05) is 12.5 Å². The van der Waals surface area contributed by atoms with Gasteiger partial charge in [0, 0.05) is 51.3 Å². The van der Waals surface area contributed by atoms with E-state index in [0.717, 1.165) is 38.6 Å². The molecule has 5 heterocycles. The van der Waals surface area contributed by atoms with Gasteiger partial charge in [-0.05, 0) is 10.8 Å². The van der Waals surface area contributed by atoms with E-state index in [4.69, 9.17) is 65.9 Å². The summed E-state index contributed by atoms with van der Waals surface area (Å²) in [6.45, 7) is 0. The number of nitrogens with zero attached hydrogens (tertiary/aromatic N) is 8. The zero-order chi connectivity index (χ0) is 35.2. The van der Waals surface area contributed by atoms with Gasteiger partial charge in [0.15, 0.2) is 17.5 Å². The Bertz CT molecular complexity index is 2710. The van der Waals surface area contributed by atoms with Crippen LogP contribution in [0, 0.1) is 5.92 Å². The standard InChI is InChI=1S/C32H17N8.2CH4O3S.Cu.2Na/c1-2-10-18-17(9-1)25-33-26(18)38-28-21-13-5-6-14-22(21)30(35-28)40-32-24-16-8-7-15-23(24)31(36-32)39-29-20-12-4-3-11-19(20)27(34-29)37-25;2*1-5(2,3)4;;;/h1-17H;2*1H3,(H,2,3,4);;;/q-1;;;3*+1/p-2. The van der Waals surface area contributed by atoms with E-state index in [9.17, 15) is 0 Å². The zero-order valence-corrected chi connectivity index (χ0v) is 35.0. The van der Waals surface area contributed by atoms with Crippen molar-refractivity contribution in [2.24, 2.45) is 40.9 Å². The molecule has 9 rings (SSSR count). The largest absolute Gasteiger partial charge is 1.00 e. The molecule has 0 radical (unpaired) electrons. The van der Waals surface area contributed by atoms with Crippen molar-refractivity contribution in [3.63, 3.8) is 0 Å². The summed E-state index contributed by atoms with van der Waals surface area (Å²) in [5.74, 6) is 3.36. The number of amidine groups is 5. The van der Waals surface area contributed by atoms with Gasteiger partial charge in [-0.15, -0.1) is 0 Å². The van der Waals surface area contributed by atoms with Crippen LogP contribution in [0.5, 0.6) is 0 Å². The Morgan fingerprint density at radius 3 is 1.42 bits per heavy atom. The molecule has 5 aliphatic rings. The summed E-state index contributed by atoms with van der Waals surface area (Å²) in [6, 6.07) is 23.9.